The van der Waals surface area contributed by atoms with Gasteiger partial charge in [0.15, 0.2) is 0 Å². The molecule has 116 valence electrons. The van der Waals surface area contributed by atoms with E-state index < -0.39 is 5.97 Å². The predicted molar refractivity (Wildman–Crippen MR) is 89.4 cm³/mol. The number of likely N-dealkylation sites (tertiary alicyclic amines) is 1. The van der Waals surface area contributed by atoms with E-state index in [1.807, 2.05) is 12.1 Å². The molecule has 2 atom stereocenters. The van der Waals surface area contributed by atoms with Gasteiger partial charge >= 0.3 is 5.97 Å². The van der Waals surface area contributed by atoms with Crippen molar-refractivity contribution >= 4 is 17.3 Å². The number of aliphatic carboxylic acids is 1. The van der Waals surface area contributed by atoms with Crippen LogP contribution < -0.4 is 0 Å². The topological polar surface area (TPSA) is 40.5 Å². The van der Waals surface area contributed by atoms with Crippen LogP contribution >= 0.6 is 11.3 Å². The quantitative estimate of drug-likeness (QED) is 0.927. The fraction of sp³-hybridized carbons (Fsp3) is 0.389. The molecule has 22 heavy (non-hydrogen) atoms. The Morgan fingerprint density at radius 2 is 2.05 bits per heavy atom. The largest absolute Gasteiger partial charge is 0.480 e. The molecule has 1 aromatic heterocycles. The molecule has 1 aromatic carbocycles. The summed E-state index contributed by atoms with van der Waals surface area (Å²) in [5.41, 5.74) is 2.44. The number of rotatable bonds is 4. The zero-order chi connectivity index (χ0) is 15.7. The zero-order valence-corrected chi connectivity index (χ0v) is 13.8. The summed E-state index contributed by atoms with van der Waals surface area (Å²) in [6.07, 6.45) is 1.69. The Labute approximate surface area is 135 Å². The first-order chi connectivity index (χ1) is 10.6. The van der Waals surface area contributed by atoms with Crippen molar-refractivity contribution in [2.45, 2.75) is 38.8 Å². The number of nitrogens with zero attached hydrogens (tertiary/aromatic N) is 1. The van der Waals surface area contributed by atoms with Crippen molar-refractivity contribution in [2.75, 3.05) is 6.54 Å². The number of carboxylic acid groups (broad SMARTS) is 1. The number of carboxylic acids is 1. The van der Waals surface area contributed by atoms with Crippen LogP contribution in [0.3, 0.4) is 0 Å². The lowest BCUT2D eigenvalue weighted by Crippen LogP contribution is -2.39. The van der Waals surface area contributed by atoms with Gasteiger partial charge in [-0.15, -0.1) is 11.3 Å². The lowest BCUT2D eigenvalue weighted by atomic mass is 9.98. The van der Waals surface area contributed by atoms with Gasteiger partial charge in [-0.1, -0.05) is 24.3 Å². The van der Waals surface area contributed by atoms with Gasteiger partial charge in [0.1, 0.15) is 6.04 Å². The van der Waals surface area contributed by atoms with E-state index in [0.29, 0.717) is 0 Å². The van der Waals surface area contributed by atoms with Gasteiger partial charge in [0.25, 0.3) is 0 Å². The van der Waals surface area contributed by atoms with Crippen LogP contribution in [0.15, 0.2) is 36.4 Å². The second-order valence-corrected chi connectivity index (χ2v) is 7.26. The number of thiophene rings is 1. The van der Waals surface area contributed by atoms with Gasteiger partial charge in [0.05, 0.1) is 6.04 Å². The number of hydrogen-bond donors (Lipinski definition) is 1. The number of aryl methyl sites for hydroxylation is 2. The number of hydrogen-bond acceptors (Lipinski definition) is 3. The minimum absolute atomic E-state index is 0.0449. The first kappa shape index (κ1) is 15.3. The van der Waals surface area contributed by atoms with Crippen LogP contribution in [0.4, 0.5) is 0 Å². The molecule has 0 spiro atoms. The molecule has 1 aliphatic heterocycles. The van der Waals surface area contributed by atoms with Crippen LogP contribution in [0.1, 0.15) is 39.8 Å². The monoisotopic (exact) mass is 315 g/mol. The Morgan fingerprint density at radius 1 is 1.27 bits per heavy atom. The van der Waals surface area contributed by atoms with Crippen LogP contribution in [0.5, 0.6) is 0 Å². The maximum atomic E-state index is 11.6. The number of benzene rings is 1. The minimum Gasteiger partial charge on any atom is -0.480 e. The van der Waals surface area contributed by atoms with Crippen molar-refractivity contribution in [1.29, 1.82) is 0 Å². The van der Waals surface area contributed by atoms with Crippen molar-refractivity contribution in [3.63, 3.8) is 0 Å². The summed E-state index contributed by atoms with van der Waals surface area (Å²) in [5, 5.41) is 9.56. The van der Waals surface area contributed by atoms with Gasteiger partial charge < -0.3 is 5.11 Å². The van der Waals surface area contributed by atoms with Gasteiger partial charge in [-0.25, -0.2) is 0 Å². The van der Waals surface area contributed by atoms with Crippen molar-refractivity contribution in [1.82, 2.24) is 4.90 Å². The third-order valence-electron chi connectivity index (χ3n) is 4.42. The smallest absolute Gasteiger partial charge is 0.320 e. The molecule has 1 aliphatic rings. The van der Waals surface area contributed by atoms with Crippen molar-refractivity contribution < 1.29 is 9.90 Å². The van der Waals surface area contributed by atoms with Crippen molar-refractivity contribution in [3.05, 3.63) is 57.3 Å². The molecule has 0 saturated carbocycles. The average molecular weight is 315 g/mol. The highest BCUT2D eigenvalue weighted by Gasteiger charge is 2.37. The van der Waals surface area contributed by atoms with E-state index in [-0.39, 0.29) is 12.1 Å². The summed E-state index contributed by atoms with van der Waals surface area (Å²) in [7, 11) is 0. The second kappa shape index (κ2) is 6.23. The predicted octanol–water partition coefficient (Wildman–Crippen LogP) is 4.00. The fourth-order valence-corrected chi connectivity index (χ4v) is 4.37. The third kappa shape index (κ3) is 2.81. The highest BCUT2D eigenvalue weighted by Crippen LogP contribution is 2.38. The van der Waals surface area contributed by atoms with E-state index in [4.69, 9.17) is 0 Å². The zero-order valence-electron chi connectivity index (χ0n) is 13.0. The van der Waals surface area contributed by atoms with E-state index in [2.05, 4.69) is 43.0 Å². The summed E-state index contributed by atoms with van der Waals surface area (Å²) in [6.45, 7) is 5.04. The van der Waals surface area contributed by atoms with E-state index in [1.165, 1.54) is 20.9 Å². The molecule has 2 aromatic rings. The molecule has 3 nitrogen and oxygen atoms in total. The van der Waals surface area contributed by atoms with Gasteiger partial charge in [-0.3, -0.25) is 9.69 Å². The van der Waals surface area contributed by atoms with E-state index in [0.717, 1.165) is 19.4 Å². The molecule has 1 fully saturated rings. The highest BCUT2D eigenvalue weighted by molar-refractivity contribution is 7.12. The lowest BCUT2D eigenvalue weighted by Gasteiger charge is -2.32. The Balaban J connectivity index is 2.07. The van der Waals surface area contributed by atoms with Crippen LogP contribution in [0.2, 0.25) is 0 Å². The summed E-state index contributed by atoms with van der Waals surface area (Å²) in [4.78, 5) is 16.3. The normalized spacial score (nSPS) is 20.2. The molecule has 1 saturated heterocycles. The molecule has 1 N–H and O–H groups in total. The highest BCUT2D eigenvalue weighted by atomic mass is 32.1. The Hall–Kier alpha value is -1.65. The summed E-state index contributed by atoms with van der Waals surface area (Å²) >= 11 is 1.77. The molecule has 0 aliphatic carbocycles. The minimum atomic E-state index is -0.704. The average Bonchev–Trinajstić information content (AvgIpc) is 3.11. The first-order valence-electron chi connectivity index (χ1n) is 7.68. The molecule has 0 bridgehead atoms. The SMILES string of the molecule is Cc1ccc(C(c2ccccc2C)N2CCCC2C(=O)O)s1. The molecule has 0 amide bonds. The summed E-state index contributed by atoms with van der Waals surface area (Å²) in [5.74, 6) is -0.704. The Bertz CT molecular complexity index is 679. The van der Waals surface area contributed by atoms with Gasteiger partial charge in [0.2, 0.25) is 0 Å². The maximum absolute atomic E-state index is 11.6. The van der Waals surface area contributed by atoms with Gasteiger partial charge in [0, 0.05) is 16.3 Å². The molecule has 0 radical (unpaired) electrons. The molecule has 2 heterocycles. The van der Waals surface area contributed by atoms with Crippen molar-refractivity contribution in [2.24, 2.45) is 0 Å². The maximum Gasteiger partial charge on any atom is 0.320 e. The Morgan fingerprint density at radius 3 is 2.68 bits per heavy atom. The molecule has 3 rings (SSSR count). The Kier molecular flexibility index (Phi) is 4.32. The lowest BCUT2D eigenvalue weighted by molar-refractivity contribution is -0.142. The van der Waals surface area contributed by atoms with E-state index >= 15 is 0 Å². The fourth-order valence-electron chi connectivity index (χ4n) is 3.35. The van der Waals surface area contributed by atoms with Gasteiger partial charge in [-0.05, 0) is 49.9 Å². The summed E-state index contributed by atoms with van der Waals surface area (Å²) < 4.78 is 0. The molecule has 2 unspecified atom stereocenters. The van der Waals surface area contributed by atoms with E-state index in [9.17, 15) is 9.90 Å². The molecular formula is C18H21NO2S. The molecular weight excluding hydrogens is 294 g/mol. The standard InChI is InChI=1S/C18H21NO2S/c1-12-6-3-4-7-14(12)17(16-10-9-13(2)22-16)19-11-5-8-15(19)18(20)21/h3-4,6-7,9-10,15,17H,5,8,11H2,1-2H3,(H,20,21). The number of carbonyl (C=O) groups is 1. The van der Waals surface area contributed by atoms with Gasteiger partial charge in [-0.2, -0.15) is 0 Å². The van der Waals surface area contributed by atoms with Crippen LogP contribution in [0, 0.1) is 13.8 Å². The van der Waals surface area contributed by atoms with Crippen LogP contribution in [-0.2, 0) is 4.79 Å². The van der Waals surface area contributed by atoms with E-state index in [1.54, 1.807) is 11.3 Å². The third-order valence-corrected chi connectivity index (χ3v) is 5.48. The van der Waals surface area contributed by atoms with Crippen LogP contribution in [-0.4, -0.2) is 28.6 Å². The van der Waals surface area contributed by atoms with Crippen LogP contribution in [0.25, 0.3) is 0 Å². The first-order valence-corrected chi connectivity index (χ1v) is 8.50. The summed E-state index contributed by atoms with van der Waals surface area (Å²) in [6, 6.07) is 12.2. The molecule has 4 heteroatoms. The van der Waals surface area contributed by atoms with Crippen molar-refractivity contribution in [3.8, 4) is 0 Å². The second-order valence-electron chi connectivity index (χ2n) is 5.94.